The third kappa shape index (κ3) is 3.20. The number of carbonyl (C=O) groups is 1. The first-order valence-electron chi connectivity index (χ1n) is 6.50. The molecule has 2 rings (SSSR count). The molecule has 23 heavy (non-hydrogen) atoms. The minimum absolute atomic E-state index is 0.0414. The van der Waals surface area contributed by atoms with E-state index in [-0.39, 0.29) is 22.4 Å². The van der Waals surface area contributed by atoms with Crippen molar-refractivity contribution in [3.8, 4) is 16.9 Å². The van der Waals surface area contributed by atoms with Crippen molar-refractivity contribution in [1.29, 1.82) is 0 Å². The standard InChI is InChI=1S/C15H14F2N2O4/c1-19-7-10(9(5-13(19)20)15(21)23-3)8-4-11(14(16)17)18-6-12(8)22-2/h4-7,14H,1-3H3. The predicted octanol–water partition coefficient (Wildman–Crippen LogP) is 2.18. The van der Waals surface area contributed by atoms with E-state index in [2.05, 4.69) is 9.72 Å². The molecular weight excluding hydrogens is 310 g/mol. The quantitative estimate of drug-likeness (QED) is 0.806. The zero-order valence-electron chi connectivity index (χ0n) is 12.7. The molecule has 122 valence electrons. The molecule has 0 unspecified atom stereocenters. The maximum absolute atomic E-state index is 12.9. The summed E-state index contributed by atoms with van der Waals surface area (Å²) in [7, 11) is 3.99. The molecule has 2 heterocycles. The van der Waals surface area contributed by atoms with Crippen LogP contribution in [0.15, 0.2) is 29.3 Å². The summed E-state index contributed by atoms with van der Waals surface area (Å²) in [6.45, 7) is 0. The Morgan fingerprint density at radius 1 is 1.26 bits per heavy atom. The number of halogens is 2. The van der Waals surface area contributed by atoms with Crippen molar-refractivity contribution in [2.75, 3.05) is 14.2 Å². The van der Waals surface area contributed by atoms with E-state index in [1.165, 1.54) is 24.9 Å². The summed E-state index contributed by atoms with van der Waals surface area (Å²) < 4.78 is 36.8. The van der Waals surface area contributed by atoms with Crippen LogP contribution in [0.3, 0.4) is 0 Å². The van der Waals surface area contributed by atoms with E-state index >= 15 is 0 Å². The lowest BCUT2D eigenvalue weighted by atomic mass is 10.0. The fourth-order valence-corrected chi connectivity index (χ4v) is 2.07. The molecule has 0 aliphatic rings. The van der Waals surface area contributed by atoms with Crippen LogP contribution in [0.4, 0.5) is 8.78 Å². The summed E-state index contributed by atoms with van der Waals surface area (Å²) in [5, 5.41) is 0. The van der Waals surface area contributed by atoms with Gasteiger partial charge in [-0.15, -0.1) is 0 Å². The van der Waals surface area contributed by atoms with Crippen molar-refractivity contribution < 1.29 is 23.0 Å². The highest BCUT2D eigenvalue weighted by Gasteiger charge is 2.21. The zero-order chi connectivity index (χ0) is 17.1. The van der Waals surface area contributed by atoms with E-state index in [0.717, 1.165) is 25.4 Å². The first-order valence-corrected chi connectivity index (χ1v) is 6.50. The van der Waals surface area contributed by atoms with Gasteiger partial charge in [0.1, 0.15) is 11.4 Å². The molecule has 0 saturated carbocycles. The molecule has 2 aromatic rings. The first-order chi connectivity index (χ1) is 10.9. The fourth-order valence-electron chi connectivity index (χ4n) is 2.07. The van der Waals surface area contributed by atoms with E-state index in [9.17, 15) is 18.4 Å². The average molecular weight is 324 g/mol. The normalized spacial score (nSPS) is 10.7. The average Bonchev–Trinajstić information content (AvgIpc) is 2.55. The Hall–Kier alpha value is -2.77. The molecular formula is C15H14F2N2O4. The van der Waals surface area contributed by atoms with Crippen LogP contribution in [0, 0.1) is 0 Å². The van der Waals surface area contributed by atoms with E-state index in [4.69, 9.17) is 4.74 Å². The molecule has 0 aromatic carbocycles. The third-order valence-electron chi connectivity index (χ3n) is 3.26. The molecule has 0 radical (unpaired) electrons. The summed E-state index contributed by atoms with van der Waals surface area (Å²) >= 11 is 0. The number of rotatable bonds is 4. The molecule has 0 bridgehead atoms. The summed E-state index contributed by atoms with van der Waals surface area (Å²) in [6, 6.07) is 2.21. The summed E-state index contributed by atoms with van der Waals surface area (Å²) in [4.78, 5) is 27.3. The van der Waals surface area contributed by atoms with Gasteiger partial charge in [-0.3, -0.25) is 9.78 Å². The van der Waals surface area contributed by atoms with Crippen LogP contribution >= 0.6 is 0 Å². The molecule has 6 nitrogen and oxygen atoms in total. The number of methoxy groups -OCH3 is 2. The van der Waals surface area contributed by atoms with Gasteiger partial charge >= 0.3 is 5.97 Å². The van der Waals surface area contributed by atoms with Crippen LogP contribution < -0.4 is 10.3 Å². The lowest BCUT2D eigenvalue weighted by Crippen LogP contribution is -2.19. The number of pyridine rings is 2. The second-order valence-corrected chi connectivity index (χ2v) is 4.65. The molecule has 0 amide bonds. The lowest BCUT2D eigenvalue weighted by Gasteiger charge is -2.14. The van der Waals surface area contributed by atoms with Gasteiger partial charge in [-0.1, -0.05) is 0 Å². The van der Waals surface area contributed by atoms with Crippen LogP contribution in [0.1, 0.15) is 22.5 Å². The minimum atomic E-state index is -2.78. The Morgan fingerprint density at radius 2 is 1.96 bits per heavy atom. The maximum atomic E-state index is 12.9. The molecule has 0 saturated heterocycles. The van der Waals surface area contributed by atoms with Crippen molar-refractivity contribution in [1.82, 2.24) is 9.55 Å². The van der Waals surface area contributed by atoms with Gasteiger partial charge in [-0.05, 0) is 6.07 Å². The van der Waals surface area contributed by atoms with Gasteiger partial charge in [-0.25, -0.2) is 13.6 Å². The molecule has 0 N–H and O–H groups in total. The summed E-state index contributed by atoms with van der Waals surface area (Å²) in [5.41, 5.74) is -0.490. The Kier molecular flexibility index (Phi) is 4.73. The molecule has 0 atom stereocenters. The highest BCUT2D eigenvalue weighted by atomic mass is 19.3. The van der Waals surface area contributed by atoms with Gasteiger partial charge in [0.25, 0.3) is 12.0 Å². The SMILES string of the molecule is COC(=O)c1cc(=O)n(C)cc1-c1cc(C(F)F)ncc1OC. The molecule has 0 aliphatic carbocycles. The monoisotopic (exact) mass is 324 g/mol. The zero-order valence-corrected chi connectivity index (χ0v) is 12.7. The number of aromatic nitrogens is 2. The van der Waals surface area contributed by atoms with Crippen LogP contribution in [-0.2, 0) is 11.8 Å². The Bertz CT molecular complexity index is 803. The molecule has 8 heteroatoms. The minimum Gasteiger partial charge on any atom is -0.494 e. The van der Waals surface area contributed by atoms with Crippen molar-refractivity contribution in [3.05, 3.63) is 46.1 Å². The Morgan fingerprint density at radius 3 is 2.52 bits per heavy atom. The van der Waals surface area contributed by atoms with Crippen LogP contribution in [-0.4, -0.2) is 29.7 Å². The topological polar surface area (TPSA) is 70.4 Å². The number of esters is 1. The van der Waals surface area contributed by atoms with Gasteiger partial charge < -0.3 is 14.0 Å². The van der Waals surface area contributed by atoms with Crippen LogP contribution in [0.25, 0.3) is 11.1 Å². The van der Waals surface area contributed by atoms with E-state index in [0.29, 0.717) is 0 Å². The number of hydrogen-bond donors (Lipinski definition) is 0. The number of nitrogens with zero attached hydrogens (tertiary/aromatic N) is 2. The second kappa shape index (κ2) is 6.55. The molecule has 0 aliphatic heterocycles. The molecule has 0 spiro atoms. The van der Waals surface area contributed by atoms with Crippen LogP contribution in [0.5, 0.6) is 5.75 Å². The van der Waals surface area contributed by atoms with Crippen molar-refractivity contribution >= 4 is 5.97 Å². The maximum Gasteiger partial charge on any atom is 0.338 e. The third-order valence-corrected chi connectivity index (χ3v) is 3.26. The van der Waals surface area contributed by atoms with Gasteiger partial charge in [-0.2, -0.15) is 0 Å². The number of hydrogen-bond acceptors (Lipinski definition) is 5. The number of ether oxygens (including phenoxy) is 2. The van der Waals surface area contributed by atoms with Crippen LogP contribution in [0.2, 0.25) is 0 Å². The van der Waals surface area contributed by atoms with Crippen molar-refractivity contribution in [2.45, 2.75) is 6.43 Å². The summed E-state index contributed by atoms with van der Waals surface area (Å²) in [6.07, 6.45) is -0.279. The second-order valence-electron chi connectivity index (χ2n) is 4.65. The highest BCUT2D eigenvalue weighted by Crippen LogP contribution is 2.34. The highest BCUT2D eigenvalue weighted by molar-refractivity contribution is 5.97. The number of carbonyl (C=O) groups excluding carboxylic acids is 1. The van der Waals surface area contributed by atoms with Crippen molar-refractivity contribution in [3.63, 3.8) is 0 Å². The van der Waals surface area contributed by atoms with Gasteiger partial charge in [0, 0.05) is 30.4 Å². The lowest BCUT2D eigenvalue weighted by molar-refractivity contribution is 0.0601. The number of alkyl halides is 2. The van der Waals surface area contributed by atoms with Gasteiger partial charge in [0.15, 0.2) is 0 Å². The van der Waals surface area contributed by atoms with E-state index in [1.807, 2.05) is 0 Å². The largest absolute Gasteiger partial charge is 0.494 e. The van der Waals surface area contributed by atoms with Crippen molar-refractivity contribution in [2.24, 2.45) is 7.05 Å². The summed E-state index contributed by atoms with van der Waals surface area (Å²) in [5.74, 6) is -0.562. The molecule has 2 aromatic heterocycles. The van der Waals surface area contributed by atoms with Gasteiger partial charge in [0.05, 0.1) is 26.0 Å². The fraction of sp³-hybridized carbons (Fsp3) is 0.267. The Balaban J connectivity index is 2.79. The molecule has 0 fully saturated rings. The predicted molar refractivity (Wildman–Crippen MR) is 77.8 cm³/mol. The Labute approximate surface area is 130 Å². The van der Waals surface area contributed by atoms with E-state index < -0.39 is 23.6 Å². The first kappa shape index (κ1) is 16.6. The number of aryl methyl sites for hydroxylation is 1. The van der Waals surface area contributed by atoms with E-state index in [1.54, 1.807) is 0 Å². The van der Waals surface area contributed by atoms with Gasteiger partial charge in [0.2, 0.25) is 0 Å². The smallest absolute Gasteiger partial charge is 0.338 e.